The van der Waals surface area contributed by atoms with Crippen molar-refractivity contribution in [3.05, 3.63) is 81.4 Å². The van der Waals surface area contributed by atoms with Gasteiger partial charge in [0.25, 0.3) is 11.8 Å². The molecule has 1 aliphatic heterocycles. The van der Waals surface area contributed by atoms with Crippen LogP contribution in [0.15, 0.2) is 59.6 Å². The van der Waals surface area contributed by atoms with Gasteiger partial charge in [0, 0.05) is 34.1 Å². The molecule has 2 N–H and O–H groups in total. The maximum atomic E-state index is 14.0. The van der Waals surface area contributed by atoms with Crippen LogP contribution in [0, 0.1) is 5.92 Å². The minimum absolute atomic E-state index is 0.0532. The van der Waals surface area contributed by atoms with Gasteiger partial charge in [-0.3, -0.25) is 19.4 Å². The average molecular weight is 542 g/mol. The van der Waals surface area contributed by atoms with Gasteiger partial charge >= 0.3 is 5.97 Å². The smallest absolute Gasteiger partial charge is 0.305 e. The van der Waals surface area contributed by atoms with Crippen LogP contribution in [0.3, 0.4) is 0 Å². The zero-order valence-electron chi connectivity index (χ0n) is 20.7. The van der Waals surface area contributed by atoms with Crippen LogP contribution in [0.4, 0.5) is 0 Å². The van der Waals surface area contributed by atoms with E-state index in [0.717, 1.165) is 5.56 Å². The van der Waals surface area contributed by atoms with Crippen molar-refractivity contribution in [1.82, 2.24) is 10.2 Å². The van der Waals surface area contributed by atoms with Gasteiger partial charge in [-0.2, -0.15) is 0 Å². The molecule has 2 amide bonds. The van der Waals surface area contributed by atoms with Crippen molar-refractivity contribution in [2.45, 2.75) is 51.2 Å². The summed E-state index contributed by atoms with van der Waals surface area (Å²) in [5, 5.41) is 12.3. The van der Waals surface area contributed by atoms with Crippen LogP contribution in [-0.4, -0.2) is 45.7 Å². The van der Waals surface area contributed by atoms with Gasteiger partial charge in [-0.05, 0) is 54.7 Å². The molecule has 0 fully saturated rings. The second-order valence-electron chi connectivity index (χ2n) is 9.54. The highest BCUT2D eigenvalue weighted by Gasteiger charge is 2.50. The summed E-state index contributed by atoms with van der Waals surface area (Å²) in [6, 6.07) is 11.9. The number of amides is 2. The molecule has 0 saturated heterocycles. The first-order chi connectivity index (χ1) is 17.6. The predicted molar refractivity (Wildman–Crippen MR) is 144 cm³/mol. The predicted octanol–water partition coefficient (Wildman–Crippen LogP) is 5.66. The summed E-state index contributed by atoms with van der Waals surface area (Å²) >= 11 is 12.5. The highest BCUT2D eigenvalue weighted by Crippen LogP contribution is 2.45. The minimum Gasteiger partial charge on any atom is -0.481 e. The lowest BCUT2D eigenvalue weighted by Crippen LogP contribution is -2.50. The number of halogens is 2. The number of nitrogens with one attached hydrogen (secondary N) is 1. The number of nitrogens with zero attached hydrogens (tertiary/aromatic N) is 2. The number of benzene rings is 2. The van der Waals surface area contributed by atoms with Gasteiger partial charge in [0.1, 0.15) is 11.4 Å². The number of allylic oxidation sites excluding steroid dienone is 1. The summed E-state index contributed by atoms with van der Waals surface area (Å²) in [6.07, 6.45) is 6.03. The molecule has 1 spiro atoms. The molecule has 2 aliphatic rings. The lowest BCUT2D eigenvalue weighted by atomic mass is 9.85. The van der Waals surface area contributed by atoms with E-state index in [0.29, 0.717) is 46.1 Å². The quantitative estimate of drug-likeness (QED) is 0.421. The molecule has 7 nitrogen and oxygen atoms in total. The molecule has 2 unspecified atom stereocenters. The van der Waals surface area contributed by atoms with E-state index < -0.39 is 11.6 Å². The number of aliphatic imine (C=N–C) groups is 1. The summed E-state index contributed by atoms with van der Waals surface area (Å²) in [5.74, 6) is -1.25. The first kappa shape index (κ1) is 26.9. The second-order valence-corrected chi connectivity index (χ2v) is 10.4. The van der Waals surface area contributed by atoms with E-state index in [1.54, 1.807) is 30.3 Å². The first-order valence-electron chi connectivity index (χ1n) is 12.3. The summed E-state index contributed by atoms with van der Waals surface area (Å²) in [6.45, 7) is 4.19. The monoisotopic (exact) mass is 541 g/mol. The molecule has 9 heteroatoms. The van der Waals surface area contributed by atoms with Gasteiger partial charge in [0.15, 0.2) is 0 Å². The van der Waals surface area contributed by atoms with Gasteiger partial charge < -0.3 is 15.3 Å². The fourth-order valence-corrected chi connectivity index (χ4v) is 5.70. The van der Waals surface area contributed by atoms with Crippen molar-refractivity contribution in [3.8, 4) is 0 Å². The Morgan fingerprint density at radius 3 is 2.46 bits per heavy atom. The van der Waals surface area contributed by atoms with Crippen LogP contribution in [0.2, 0.25) is 10.0 Å². The minimum atomic E-state index is -0.973. The third-order valence-electron chi connectivity index (χ3n) is 6.76. The Morgan fingerprint density at radius 1 is 1.19 bits per heavy atom. The van der Waals surface area contributed by atoms with Gasteiger partial charge in [-0.1, -0.05) is 61.3 Å². The molecule has 4 rings (SSSR count). The van der Waals surface area contributed by atoms with E-state index in [1.165, 1.54) is 0 Å². The van der Waals surface area contributed by atoms with Gasteiger partial charge in [-0.25, -0.2) is 0 Å². The molecule has 1 aliphatic carbocycles. The molecule has 1 heterocycles. The van der Waals surface area contributed by atoms with Crippen molar-refractivity contribution >= 4 is 46.7 Å². The number of hydrogen-bond donors (Lipinski definition) is 2. The number of rotatable bonds is 8. The van der Waals surface area contributed by atoms with Crippen LogP contribution in [0.5, 0.6) is 0 Å². The Hall–Kier alpha value is -3.16. The maximum absolute atomic E-state index is 14.0. The largest absolute Gasteiger partial charge is 0.481 e. The number of carboxylic acid groups (broad SMARTS) is 1. The van der Waals surface area contributed by atoms with E-state index in [-0.39, 0.29) is 36.7 Å². The van der Waals surface area contributed by atoms with Crippen LogP contribution in [0.1, 0.15) is 67.1 Å². The van der Waals surface area contributed by atoms with Crippen molar-refractivity contribution < 1.29 is 19.5 Å². The lowest BCUT2D eigenvalue weighted by Gasteiger charge is -2.43. The summed E-state index contributed by atoms with van der Waals surface area (Å²) < 4.78 is 0. The third kappa shape index (κ3) is 5.73. The SMILES string of the molecule is CC[C@H](c1ccc(C(=O)NCCC(=O)O)cc1)N1C(=O)C(c2cc(Cl)cc(Cl)c2)=NC12CC=CC(C)C2. The van der Waals surface area contributed by atoms with Crippen LogP contribution in [-0.2, 0) is 9.59 Å². The van der Waals surface area contributed by atoms with Gasteiger partial charge in [-0.15, -0.1) is 0 Å². The van der Waals surface area contributed by atoms with E-state index in [9.17, 15) is 14.4 Å². The molecule has 0 aromatic heterocycles. The Labute approximate surface area is 226 Å². The highest BCUT2D eigenvalue weighted by atomic mass is 35.5. The van der Waals surface area contributed by atoms with Gasteiger partial charge in [0.2, 0.25) is 0 Å². The molecular weight excluding hydrogens is 513 g/mol. The number of hydrogen-bond acceptors (Lipinski definition) is 4. The molecule has 37 heavy (non-hydrogen) atoms. The molecule has 0 radical (unpaired) electrons. The highest BCUT2D eigenvalue weighted by molar-refractivity contribution is 6.47. The van der Waals surface area contributed by atoms with Crippen molar-refractivity contribution in [2.24, 2.45) is 10.9 Å². The van der Waals surface area contributed by atoms with E-state index in [4.69, 9.17) is 33.3 Å². The van der Waals surface area contributed by atoms with Crippen molar-refractivity contribution in [1.29, 1.82) is 0 Å². The molecule has 2 aromatic rings. The summed E-state index contributed by atoms with van der Waals surface area (Å²) in [5.41, 5.74) is 1.52. The Kier molecular flexibility index (Phi) is 8.05. The van der Waals surface area contributed by atoms with Crippen LogP contribution in [0.25, 0.3) is 0 Å². The Balaban J connectivity index is 1.66. The number of carboxylic acids is 1. The molecular formula is C28H29Cl2N3O4. The summed E-state index contributed by atoms with van der Waals surface area (Å²) in [7, 11) is 0. The van der Waals surface area contributed by atoms with Crippen LogP contribution >= 0.6 is 23.2 Å². The molecule has 2 aromatic carbocycles. The normalized spacial score (nSPS) is 21.7. The van der Waals surface area contributed by atoms with Crippen LogP contribution < -0.4 is 5.32 Å². The zero-order chi connectivity index (χ0) is 26.7. The van der Waals surface area contributed by atoms with E-state index in [1.807, 2.05) is 24.0 Å². The first-order valence-corrected chi connectivity index (χ1v) is 13.1. The van der Waals surface area contributed by atoms with Crippen molar-refractivity contribution in [2.75, 3.05) is 6.54 Å². The third-order valence-corrected chi connectivity index (χ3v) is 7.20. The van der Waals surface area contributed by atoms with Crippen molar-refractivity contribution in [3.63, 3.8) is 0 Å². The Morgan fingerprint density at radius 2 is 1.86 bits per heavy atom. The standard InChI is InChI=1S/C28H29Cl2N3O4/c1-3-23(18-6-8-19(9-7-18)26(36)31-12-10-24(34)35)33-27(37)25(20-13-21(29)15-22(30)14-20)32-28(33)11-4-5-17(2)16-28/h4-9,13-15,17,23H,3,10-12,16H2,1-2H3,(H,31,36)(H,34,35)/t17?,23-,28?/m1/s1. The van der Waals surface area contributed by atoms with E-state index >= 15 is 0 Å². The molecule has 3 atom stereocenters. The Bertz CT molecular complexity index is 1250. The fourth-order valence-electron chi connectivity index (χ4n) is 5.18. The van der Waals surface area contributed by atoms with Gasteiger partial charge in [0.05, 0.1) is 12.5 Å². The second kappa shape index (κ2) is 11.1. The average Bonchev–Trinajstić information content (AvgIpc) is 3.10. The summed E-state index contributed by atoms with van der Waals surface area (Å²) in [4.78, 5) is 44.0. The number of carbonyl (C=O) groups excluding carboxylic acids is 2. The maximum Gasteiger partial charge on any atom is 0.305 e. The molecule has 0 bridgehead atoms. The number of aliphatic carboxylic acids is 1. The number of carbonyl (C=O) groups is 3. The fraction of sp³-hybridized carbons (Fsp3) is 0.357. The molecule has 0 saturated carbocycles. The molecule has 194 valence electrons. The zero-order valence-corrected chi connectivity index (χ0v) is 22.2. The van der Waals surface area contributed by atoms with E-state index in [2.05, 4.69) is 24.4 Å². The topological polar surface area (TPSA) is 99.1 Å². The lowest BCUT2D eigenvalue weighted by molar-refractivity contribution is -0.137.